The molecule has 1 N–H and O–H groups in total. The molecule has 1 aliphatic heterocycles. The topological polar surface area (TPSA) is 78.7 Å². The van der Waals surface area contributed by atoms with Crippen LogP contribution in [0, 0.1) is 0 Å². The molecule has 1 aromatic carbocycles. The second kappa shape index (κ2) is 8.19. The average Bonchev–Trinajstić information content (AvgIpc) is 2.69. The molecule has 146 valence electrons. The second-order valence-corrected chi connectivity index (χ2v) is 7.31. The van der Waals surface area contributed by atoms with Crippen molar-refractivity contribution in [3.05, 3.63) is 40.3 Å². The Kier molecular flexibility index (Phi) is 5.92. The summed E-state index contributed by atoms with van der Waals surface area (Å²) in [6.07, 6.45) is 0.885. The van der Waals surface area contributed by atoms with Crippen LogP contribution in [0.15, 0.2) is 29.1 Å². The molecule has 27 heavy (non-hydrogen) atoms. The van der Waals surface area contributed by atoms with Crippen molar-refractivity contribution in [1.82, 2.24) is 19.6 Å². The summed E-state index contributed by atoms with van der Waals surface area (Å²) < 4.78 is 1.39. The van der Waals surface area contributed by atoms with Gasteiger partial charge >= 0.3 is 0 Å². The Balaban J connectivity index is 1.91. The third-order valence-electron chi connectivity index (χ3n) is 5.32. The fourth-order valence-corrected chi connectivity index (χ4v) is 3.66. The molecule has 0 unspecified atom stereocenters. The van der Waals surface area contributed by atoms with E-state index >= 15 is 0 Å². The third kappa shape index (κ3) is 3.75. The number of hydrogen-bond acceptors (Lipinski definition) is 5. The highest BCUT2D eigenvalue weighted by atomic mass is 16.3. The molecule has 3 rings (SSSR count). The third-order valence-corrected chi connectivity index (χ3v) is 5.32. The van der Waals surface area contributed by atoms with Crippen molar-refractivity contribution in [1.29, 1.82) is 0 Å². The molecule has 1 aromatic heterocycles. The summed E-state index contributed by atoms with van der Waals surface area (Å²) >= 11 is 0. The minimum absolute atomic E-state index is 0.125. The predicted octanol–water partition coefficient (Wildman–Crippen LogP) is 1.51. The van der Waals surface area contributed by atoms with Crippen molar-refractivity contribution in [2.75, 3.05) is 32.8 Å². The fraction of sp³-hybridized carbons (Fsp3) is 0.550. The molecule has 0 spiro atoms. The van der Waals surface area contributed by atoms with Crippen LogP contribution in [0.3, 0.4) is 0 Å². The number of aromatic nitrogens is 2. The van der Waals surface area contributed by atoms with E-state index in [9.17, 15) is 14.7 Å². The van der Waals surface area contributed by atoms with Gasteiger partial charge < -0.3 is 10.0 Å². The summed E-state index contributed by atoms with van der Waals surface area (Å²) in [6.45, 7) is 8.60. The van der Waals surface area contributed by atoms with Gasteiger partial charge in [-0.1, -0.05) is 25.1 Å². The molecule has 7 nitrogen and oxygen atoms in total. The molecule has 1 saturated heterocycles. The van der Waals surface area contributed by atoms with E-state index < -0.39 is 0 Å². The molecule has 0 aliphatic carbocycles. The Bertz CT molecular complexity index is 865. The number of fused-ring (bicyclic) bond motifs is 1. The number of amides is 1. The van der Waals surface area contributed by atoms with Crippen LogP contribution in [-0.4, -0.2) is 69.4 Å². The van der Waals surface area contributed by atoms with E-state index in [0.29, 0.717) is 29.6 Å². The Morgan fingerprint density at radius 2 is 1.78 bits per heavy atom. The van der Waals surface area contributed by atoms with Gasteiger partial charge in [-0.25, -0.2) is 4.68 Å². The van der Waals surface area contributed by atoms with Gasteiger partial charge in [-0.05, 0) is 26.3 Å². The van der Waals surface area contributed by atoms with Crippen molar-refractivity contribution >= 4 is 16.7 Å². The highest BCUT2D eigenvalue weighted by Crippen LogP contribution is 2.18. The smallest absolute Gasteiger partial charge is 0.275 e. The van der Waals surface area contributed by atoms with Crippen LogP contribution in [0.25, 0.3) is 10.8 Å². The lowest BCUT2D eigenvalue weighted by Crippen LogP contribution is -2.53. The van der Waals surface area contributed by atoms with E-state index in [0.717, 1.165) is 19.5 Å². The Hall–Kier alpha value is -2.25. The van der Waals surface area contributed by atoms with Gasteiger partial charge in [-0.3, -0.25) is 14.5 Å². The molecule has 1 fully saturated rings. The summed E-state index contributed by atoms with van der Waals surface area (Å²) in [7, 11) is 0. The number of piperazine rings is 1. The zero-order valence-electron chi connectivity index (χ0n) is 16.3. The molecule has 2 aromatic rings. The van der Waals surface area contributed by atoms with Crippen molar-refractivity contribution in [3.8, 4) is 0 Å². The first-order valence-electron chi connectivity index (χ1n) is 9.63. The van der Waals surface area contributed by atoms with Crippen molar-refractivity contribution in [2.45, 2.75) is 39.3 Å². The number of carbonyl (C=O) groups excluding carboxylic acids is 1. The average molecular weight is 372 g/mol. The van der Waals surface area contributed by atoms with Crippen LogP contribution in [-0.2, 0) is 0 Å². The van der Waals surface area contributed by atoms with Gasteiger partial charge in [0.15, 0.2) is 5.69 Å². The minimum atomic E-state index is -0.171. The molecular weight excluding hydrogens is 344 g/mol. The van der Waals surface area contributed by atoms with Crippen LogP contribution >= 0.6 is 0 Å². The van der Waals surface area contributed by atoms with E-state index in [2.05, 4.69) is 16.9 Å². The number of benzene rings is 1. The quantitative estimate of drug-likeness (QED) is 0.861. The second-order valence-electron chi connectivity index (χ2n) is 7.31. The maximum absolute atomic E-state index is 13.2. The summed E-state index contributed by atoms with van der Waals surface area (Å²) in [5.41, 5.74) is 0.164. The SMILES string of the molecule is CC[C@@H](CO)N1CCN(C(=O)c2nn(C(C)C)c(=O)c3ccccc23)CC1. The van der Waals surface area contributed by atoms with Gasteiger partial charge in [-0.15, -0.1) is 0 Å². The number of hydrogen-bond donors (Lipinski definition) is 1. The summed E-state index contributed by atoms with van der Waals surface area (Å²) in [5.74, 6) is -0.141. The summed E-state index contributed by atoms with van der Waals surface area (Å²) in [6, 6.07) is 7.19. The Morgan fingerprint density at radius 1 is 1.15 bits per heavy atom. The predicted molar refractivity (Wildman–Crippen MR) is 105 cm³/mol. The molecule has 1 amide bonds. The normalized spacial score (nSPS) is 16.9. The highest BCUT2D eigenvalue weighted by molar-refractivity contribution is 6.04. The summed E-state index contributed by atoms with van der Waals surface area (Å²) in [5, 5.41) is 15.0. The van der Waals surface area contributed by atoms with Gasteiger partial charge in [0.2, 0.25) is 0 Å². The first-order chi connectivity index (χ1) is 13.0. The molecule has 0 radical (unpaired) electrons. The standard InChI is InChI=1S/C20H28N4O3/c1-4-15(13-25)22-9-11-23(12-10-22)20(27)18-16-7-5-6-8-17(16)19(26)24(21-18)14(2)3/h5-8,14-15,25H,4,9-13H2,1-3H3/t15-/m0/s1. The first kappa shape index (κ1) is 19.5. The lowest BCUT2D eigenvalue weighted by Gasteiger charge is -2.38. The fourth-order valence-electron chi connectivity index (χ4n) is 3.66. The van der Waals surface area contributed by atoms with E-state index in [-0.39, 0.29) is 30.2 Å². The van der Waals surface area contributed by atoms with Crippen LogP contribution in [0.2, 0.25) is 0 Å². The van der Waals surface area contributed by atoms with Gasteiger partial charge in [-0.2, -0.15) is 5.10 Å². The van der Waals surface area contributed by atoms with Gasteiger partial charge in [0.05, 0.1) is 18.0 Å². The van der Waals surface area contributed by atoms with E-state index in [1.165, 1.54) is 4.68 Å². The monoisotopic (exact) mass is 372 g/mol. The number of nitrogens with zero attached hydrogens (tertiary/aromatic N) is 4. The maximum Gasteiger partial charge on any atom is 0.275 e. The summed E-state index contributed by atoms with van der Waals surface area (Å²) in [4.78, 5) is 29.9. The van der Waals surface area contributed by atoms with Crippen LogP contribution < -0.4 is 5.56 Å². The molecule has 1 aliphatic rings. The molecule has 0 bridgehead atoms. The number of carbonyl (C=O) groups is 1. The Morgan fingerprint density at radius 3 is 2.33 bits per heavy atom. The molecular formula is C20H28N4O3. The minimum Gasteiger partial charge on any atom is -0.395 e. The number of rotatable bonds is 5. The van der Waals surface area contributed by atoms with Crippen LogP contribution in [0.4, 0.5) is 0 Å². The van der Waals surface area contributed by atoms with Gasteiger partial charge in [0.25, 0.3) is 11.5 Å². The molecule has 0 saturated carbocycles. The lowest BCUT2D eigenvalue weighted by atomic mass is 10.1. The maximum atomic E-state index is 13.2. The Labute approximate surface area is 159 Å². The molecule has 2 heterocycles. The first-order valence-corrected chi connectivity index (χ1v) is 9.63. The highest BCUT2D eigenvalue weighted by Gasteiger charge is 2.28. The number of aliphatic hydroxyl groups excluding tert-OH is 1. The zero-order chi connectivity index (χ0) is 19.6. The largest absolute Gasteiger partial charge is 0.395 e. The zero-order valence-corrected chi connectivity index (χ0v) is 16.3. The van der Waals surface area contributed by atoms with Gasteiger partial charge in [0.1, 0.15) is 0 Å². The molecule has 1 atom stereocenters. The van der Waals surface area contributed by atoms with Gasteiger partial charge in [0, 0.05) is 37.6 Å². The van der Waals surface area contributed by atoms with E-state index in [1.54, 1.807) is 23.1 Å². The van der Waals surface area contributed by atoms with Crippen molar-refractivity contribution < 1.29 is 9.90 Å². The van der Waals surface area contributed by atoms with Crippen LogP contribution in [0.5, 0.6) is 0 Å². The molecule has 7 heteroatoms. The van der Waals surface area contributed by atoms with E-state index in [1.807, 2.05) is 19.9 Å². The van der Waals surface area contributed by atoms with Crippen LogP contribution in [0.1, 0.15) is 43.7 Å². The van der Waals surface area contributed by atoms with E-state index in [4.69, 9.17) is 0 Å². The number of aliphatic hydroxyl groups is 1. The van der Waals surface area contributed by atoms with Crippen molar-refractivity contribution in [2.24, 2.45) is 0 Å². The van der Waals surface area contributed by atoms with Crippen molar-refractivity contribution in [3.63, 3.8) is 0 Å². The lowest BCUT2D eigenvalue weighted by molar-refractivity contribution is 0.0467.